The number of hydrogen-bond acceptors (Lipinski definition) is 6. The molecule has 0 aromatic heterocycles. The Kier molecular flexibility index (Phi) is 7.77. The third-order valence-electron chi connectivity index (χ3n) is 8.63. The van der Waals surface area contributed by atoms with Crippen LogP contribution in [0.1, 0.15) is 72.6 Å². The van der Waals surface area contributed by atoms with E-state index in [4.69, 9.17) is 9.47 Å². The first-order valence-electron chi connectivity index (χ1n) is 13.1. The van der Waals surface area contributed by atoms with Crippen molar-refractivity contribution >= 4 is 11.9 Å². The lowest BCUT2D eigenvalue weighted by atomic mass is 9.65. The lowest BCUT2D eigenvalue weighted by Crippen LogP contribution is -2.43. The summed E-state index contributed by atoms with van der Waals surface area (Å²) in [4.78, 5) is 25.0. The predicted octanol–water partition coefficient (Wildman–Crippen LogP) is 4.88. The molecule has 2 fully saturated rings. The number of aliphatic hydroxyl groups excluding tert-OH is 2. The zero-order valence-electron chi connectivity index (χ0n) is 22.0. The molecule has 196 valence electrons. The van der Waals surface area contributed by atoms with Crippen LogP contribution in [0, 0.1) is 17.3 Å². The van der Waals surface area contributed by atoms with Crippen LogP contribution < -0.4 is 0 Å². The van der Waals surface area contributed by atoms with Crippen molar-refractivity contribution < 1.29 is 29.3 Å². The number of fused-ring (bicyclic) bond motifs is 2. The maximum absolute atomic E-state index is 12.7. The molecule has 7 atom stereocenters. The SMILES string of the molecule is C=C1C(=O)OC2C=C(C)C(CC34CC(=O)OC3CC(C)=CCCC(C)=CC4O)CCC(C)=CC(O)C12. The fraction of sp³-hybridized carbons (Fsp3) is 0.600. The van der Waals surface area contributed by atoms with Gasteiger partial charge in [0.25, 0.3) is 0 Å². The van der Waals surface area contributed by atoms with Crippen molar-refractivity contribution in [2.45, 2.75) is 97.1 Å². The number of ether oxygens (including phenoxy) is 2. The van der Waals surface area contributed by atoms with Crippen molar-refractivity contribution in [1.29, 1.82) is 0 Å². The molecule has 6 nitrogen and oxygen atoms in total. The number of allylic oxidation sites excluding steroid dienone is 4. The molecular weight excluding hydrogens is 456 g/mol. The van der Waals surface area contributed by atoms with Gasteiger partial charge in [-0.25, -0.2) is 4.79 Å². The zero-order valence-corrected chi connectivity index (χ0v) is 22.0. The van der Waals surface area contributed by atoms with Crippen LogP contribution >= 0.6 is 0 Å². The zero-order chi connectivity index (χ0) is 26.2. The summed E-state index contributed by atoms with van der Waals surface area (Å²) in [6.45, 7) is 12.0. The molecule has 0 radical (unpaired) electrons. The van der Waals surface area contributed by atoms with E-state index in [1.165, 1.54) is 5.57 Å². The third kappa shape index (κ3) is 5.30. The van der Waals surface area contributed by atoms with Gasteiger partial charge in [0.15, 0.2) is 0 Å². The second-order valence-corrected chi connectivity index (χ2v) is 11.4. The molecule has 2 saturated heterocycles. The Balaban J connectivity index is 1.73. The number of carbonyl (C=O) groups excluding carboxylic acids is 2. The lowest BCUT2D eigenvalue weighted by Gasteiger charge is -2.40. The van der Waals surface area contributed by atoms with Crippen LogP contribution in [0.5, 0.6) is 0 Å². The highest BCUT2D eigenvalue weighted by molar-refractivity contribution is 5.91. The van der Waals surface area contributed by atoms with Gasteiger partial charge in [0.05, 0.1) is 24.5 Å². The molecule has 0 aromatic rings. The summed E-state index contributed by atoms with van der Waals surface area (Å²) in [5, 5.41) is 22.4. The Morgan fingerprint density at radius 2 is 1.72 bits per heavy atom. The largest absolute Gasteiger partial charge is 0.461 e. The minimum Gasteiger partial charge on any atom is -0.461 e. The average molecular weight is 497 g/mol. The first-order valence-corrected chi connectivity index (χ1v) is 13.1. The number of aliphatic hydroxyl groups is 2. The first-order chi connectivity index (χ1) is 17.0. The molecule has 0 bridgehead atoms. The first kappa shape index (κ1) is 26.6. The van der Waals surface area contributed by atoms with Gasteiger partial charge < -0.3 is 19.7 Å². The standard InChI is InChI=1S/C30H40O6/c1-17-7-6-8-18(2)13-26-30(25(32)12-17,16-27(33)36-26)15-22-10-9-19(3)11-23(31)28-21(5)29(34)35-24(28)14-20(22)4/h8,11-12,14,22-26,28,31-32H,5-7,9-10,13,15-16H2,1-4H3. The molecule has 0 spiro atoms. The number of esters is 2. The van der Waals surface area contributed by atoms with Crippen molar-refractivity contribution in [3.8, 4) is 0 Å². The summed E-state index contributed by atoms with van der Waals surface area (Å²) in [5.74, 6) is -1.24. The van der Waals surface area contributed by atoms with Crippen LogP contribution in [0.25, 0.3) is 0 Å². The lowest BCUT2D eigenvalue weighted by molar-refractivity contribution is -0.142. The summed E-state index contributed by atoms with van der Waals surface area (Å²) in [6.07, 6.45) is 9.89. The Bertz CT molecular complexity index is 1050. The van der Waals surface area contributed by atoms with E-state index >= 15 is 0 Å². The monoisotopic (exact) mass is 496 g/mol. The highest BCUT2D eigenvalue weighted by Gasteiger charge is 2.54. The molecule has 2 aliphatic carbocycles. The summed E-state index contributed by atoms with van der Waals surface area (Å²) < 4.78 is 11.5. The van der Waals surface area contributed by atoms with Gasteiger partial charge in [-0.3, -0.25) is 4.79 Å². The van der Waals surface area contributed by atoms with Crippen LogP contribution in [0.2, 0.25) is 0 Å². The molecule has 6 heteroatoms. The maximum Gasteiger partial charge on any atom is 0.334 e. The molecule has 2 heterocycles. The van der Waals surface area contributed by atoms with E-state index in [-0.39, 0.29) is 23.9 Å². The van der Waals surface area contributed by atoms with E-state index < -0.39 is 41.7 Å². The summed E-state index contributed by atoms with van der Waals surface area (Å²) in [5.41, 5.74) is 3.88. The third-order valence-corrected chi connectivity index (χ3v) is 8.63. The normalized spacial score (nSPS) is 38.0. The maximum atomic E-state index is 12.7. The van der Waals surface area contributed by atoms with Gasteiger partial charge in [0, 0.05) is 17.4 Å². The Morgan fingerprint density at radius 3 is 2.47 bits per heavy atom. The predicted molar refractivity (Wildman–Crippen MR) is 138 cm³/mol. The topological polar surface area (TPSA) is 93.1 Å². The van der Waals surface area contributed by atoms with Crippen LogP contribution in [0.4, 0.5) is 0 Å². The van der Waals surface area contributed by atoms with Crippen molar-refractivity contribution in [2.24, 2.45) is 17.3 Å². The van der Waals surface area contributed by atoms with E-state index in [9.17, 15) is 19.8 Å². The number of hydrogen-bond donors (Lipinski definition) is 2. The van der Waals surface area contributed by atoms with Crippen LogP contribution in [-0.4, -0.2) is 46.6 Å². The molecule has 0 amide bonds. The molecular formula is C30H40O6. The van der Waals surface area contributed by atoms with Gasteiger partial charge in [-0.15, -0.1) is 0 Å². The Labute approximate surface area is 214 Å². The van der Waals surface area contributed by atoms with Crippen molar-refractivity contribution in [3.63, 3.8) is 0 Å². The van der Waals surface area contributed by atoms with Gasteiger partial charge in [-0.1, -0.05) is 47.1 Å². The number of carbonyl (C=O) groups is 2. The minimum absolute atomic E-state index is 0.0318. The van der Waals surface area contributed by atoms with Crippen molar-refractivity contribution in [2.75, 3.05) is 0 Å². The quantitative estimate of drug-likeness (QED) is 0.322. The van der Waals surface area contributed by atoms with Crippen molar-refractivity contribution in [1.82, 2.24) is 0 Å². The highest BCUT2D eigenvalue weighted by atomic mass is 16.6. The molecule has 0 saturated carbocycles. The molecule has 4 rings (SSSR count). The van der Waals surface area contributed by atoms with E-state index in [1.807, 2.05) is 32.9 Å². The van der Waals surface area contributed by atoms with Gasteiger partial charge in [0.1, 0.15) is 12.2 Å². The van der Waals surface area contributed by atoms with Gasteiger partial charge in [-0.2, -0.15) is 0 Å². The Hall–Kier alpha value is -2.44. The second-order valence-electron chi connectivity index (χ2n) is 11.4. The average Bonchev–Trinajstić information content (AvgIpc) is 3.25. The molecule has 2 N–H and O–H groups in total. The minimum atomic E-state index is -0.846. The van der Waals surface area contributed by atoms with Crippen LogP contribution in [-0.2, 0) is 19.1 Å². The van der Waals surface area contributed by atoms with Crippen LogP contribution in [0.3, 0.4) is 0 Å². The van der Waals surface area contributed by atoms with E-state index in [2.05, 4.69) is 19.6 Å². The van der Waals surface area contributed by atoms with Crippen molar-refractivity contribution in [3.05, 3.63) is 58.7 Å². The number of rotatable bonds is 2. The molecule has 0 aromatic carbocycles. The van der Waals surface area contributed by atoms with Gasteiger partial charge in [0.2, 0.25) is 0 Å². The molecule has 7 unspecified atom stereocenters. The van der Waals surface area contributed by atoms with E-state index in [1.54, 1.807) is 6.08 Å². The second kappa shape index (κ2) is 10.5. The summed E-state index contributed by atoms with van der Waals surface area (Å²) in [7, 11) is 0. The molecule has 4 aliphatic rings. The molecule has 36 heavy (non-hydrogen) atoms. The Morgan fingerprint density at radius 1 is 1.00 bits per heavy atom. The fourth-order valence-corrected chi connectivity index (χ4v) is 6.38. The molecule has 2 aliphatic heterocycles. The van der Waals surface area contributed by atoms with E-state index in [0.717, 1.165) is 42.4 Å². The fourth-order valence-electron chi connectivity index (χ4n) is 6.38. The highest BCUT2D eigenvalue weighted by Crippen LogP contribution is 2.50. The van der Waals surface area contributed by atoms with Crippen LogP contribution in [0.15, 0.2) is 58.7 Å². The smallest absolute Gasteiger partial charge is 0.334 e. The van der Waals surface area contributed by atoms with Gasteiger partial charge >= 0.3 is 11.9 Å². The summed E-state index contributed by atoms with van der Waals surface area (Å²) >= 11 is 0. The summed E-state index contributed by atoms with van der Waals surface area (Å²) in [6, 6.07) is 0. The van der Waals surface area contributed by atoms with Gasteiger partial charge in [-0.05, 0) is 71.8 Å². The van der Waals surface area contributed by atoms with E-state index in [0.29, 0.717) is 12.8 Å².